The lowest BCUT2D eigenvalue weighted by Gasteiger charge is -2.33. The highest BCUT2D eigenvalue weighted by atomic mass is 16.6. The molecule has 0 bridgehead atoms. The first-order valence-electron chi connectivity index (χ1n) is 16.5. The van der Waals surface area contributed by atoms with Crippen LogP contribution in [-0.2, 0) is 25.5 Å². The van der Waals surface area contributed by atoms with Gasteiger partial charge in [-0.1, -0.05) is 33.8 Å². The smallest absolute Gasteiger partial charge is 0.407 e. The average molecular weight is 652 g/mol. The van der Waals surface area contributed by atoms with E-state index in [0.29, 0.717) is 37.6 Å². The summed E-state index contributed by atoms with van der Waals surface area (Å²) in [6.45, 7) is 16.3. The third-order valence-electron chi connectivity index (χ3n) is 7.94. The lowest BCUT2D eigenvalue weighted by Crippen LogP contribution is -2.49. The Morgan fingerprint density at radius 2 is 1.59 bits per heavy atom. The van der Waals surface area contributed by atoms with E-state index in [-0.39, 0.29) is 48.5 Å². The molecule has 4 N–H and O–H groups in total. The number of aliphatic hydroxyl groups is 1. The molecule has 0 radical (unpaired) electrons. The maximum absolute atomic E-state index is 13.3. The van der Waals surface area contributed by atoms with Crippen LogP contribution >= 0.6 is 0 Å². The molecule has 0 aromatic heterocycles. The molecule has 0 aliphatic carbocycles. The fourth-order valence-electron chi connectivity index (χ4n) is 5.22. The second kappa shape index (κ2) is 20.2. The molecule has 1 aromatic carbocycles. The van der Waals surface area contributed by atoms with Crippen molar-refractivity contribution in [3.05, 3.63) is 23.8 Å². The summed E-state index contributed by atoms with van der Waals surface area (Å²) in [6, 6.07) is 4.82. The minimum absolute atomic E-state index is 0.0585. The number of ether oxygens (including phenoxy) is 4. The van der Waals surface area contributed by atoms with Crippen molar-refractivity contribution in [1.82, 2.24) is 16.0 Å². The highest BCUT2D eigenvalue weighted by molar-refractivity contribution is 5.81. The molecule has 3 amide bonds. The first kappa shape index (κ1) is 41.0. The Bertz CT molecular complexity index is 1070. The standard InChI is InChI=1S/C35H61N3O8/c1-22(2)26(18-25-13-14-30(44-11)31(19-25)45-16-12-15-43-10)20-28(38-34(42)46-35(6,7)8)29(39)21-27(23(3)4)33(41)37-24(5)17-32(40)36-9/h13-14,19,22-24,26-29,39H,12,15-18,20-21H2,1-11H3,(H,36,40)(H,37,41)(H,38,42)/t24?,26-,27-,28-,29-/m0/s1. The first-order valence-corrected chi connectivity index (χ1v) is 16.5. The normalized spacial score (nSPS) is 15.0. The minimum atomic E-state index is -1.03. The molecule has 264 valence electrons. The van der Waals surface area contributed by atoms with E-state index < -0.39 is 29.8 Å². The summed E-state index contributed by atoms with van der Waals surface area (Å²) in [4.78, 5) is 38.1. The molecule has 1 rings (SSSR count). The summed E-state index contributed by atoms with van der Waals surface area (Å²) >= 11 is 0. The fourth-order valence-corrected chi connectivity index (χ4v) is 5.22. The van der Waals surface area contributed by atoms with Gasteiger partial charge in [0.25, 0.3) is 0 Å². The molecule has 0 aliphatic rings. The zero-order chi connectivity index (χ0) is 35.0. The number of rotatable bonds is 20. The molecule has 1 unspecified atom stereocenters. The van der Waals surface area contributed by atoms with E-state index in [1.165, 1.54) is 0 Å². The number of benzene rings is 1. The van der Waals surface area contributed by atoms with E-state index in [2.05, 4.69) is 29.8 Å². The van der Waals surface area contributed by atoms with Crippen molar-refractivity contribution in [2.45, 2.75) is 111 Å². The summed E-state index contributed by atoms with van der Waals surface area (Å²) in [5.41, 5.74) is 0.317. The van der Waals surface area contributed by atoms with Crippen molar-refractivity contribution >= 4 is 17.9 Å². The summed E-state index contributed by atoms with van der Waals surface area (Å²) in [6.07, 6.45) is 0.491. The quantitative estimate of drug-likeness (QED) is 0.146. The van der Waals surface area contributed by atoms with Crippen LogP contribution in [0.25, 0.3) is 0 Å². The number of hydrogen-bond donors (Lipinski definition) is 4. The van der Waals surface area contributed by atoms with Gasteiger partial charge in [-0.25, -0.2) is 4.79 Å². The van der Waals surface area contributed by atoms with Crippen LogP contribution in [-0.4, -0.2) is 81.3 Å². The van der Waals surface area contributed by atoms with Gasteiger partial charge < -0.3 is 40.0 Å². The Balaban J connectivity index is 3.25. The SMILES string of the molecule is CNC(=O)CC(C)NC(=O)[C@@H](C[C@H](O)[C@H](C[C@H](Cc1ccc(OC)c(OCCCOC)c1)C(C)C)NC(=O)OC(C)(C)C)C(C)C. The maximum Gasteiger partial charge on any atom is 0.407 e. The number of hydrogen-bond acceptors (Lipinski definition) is 8. The van der Waals surface area contributed by atoms with E-state index in [1.54, 1.807) is 49.0 Å². The van der Waals surface area contributed by atoms with Crippen LogP contribution in [0.3, 0.4) is 0 Å². The number of carbonyl (C=O) groups excluding carboxylic acids is 3. The van der Waals surface area contributed by atoms with Gasteiger partial charge in [0.15, 0.2) is 11.5 Å². The Labute approximate surface area is 276 Å². The van der Waals surface area contributed by atoms with Crippen molar-refractivity contribution in [3.8, 4) is 11.5 Å². The third-order valence-corrected chi connectivity index (χ3v) is 7.94. The fraction of sp³-hybridized carbons (Fsp3) is 0.743. The predicted molar refractivity (Wildman–Crippen MR) is 180 cm³/mol. The van der Waals surface area contributed by atoms with Crippen LogP contribution in [0.5, 0.6) is 11.5 Å². The lowest BCUT2D eigenvalue weighted by atomic mass is 9.80. The Morgan fingerprint density at radius 3 is 2.13 bits per heavy atom. The molecule has 5 atom stereocenters. The zero-order valence-corrected chi connectivity index (χ0v) is 30.0. The van der Waals surface area contributed by atoms with Crippen LogP contribution in [0.1, 0.15) is 86.6 Å². The van der Waals surface area contributed by atoms with E-state index in [1.807, 2.05) is 32.0 Å². The third kappa shape index (κ3) is 15.5. The van der Waals surface area contributed by atoms with Crippen LogP contribution in [0.15, 0.2) is 18.2 Å². The van der Waals surface area contributed by atoms with Gasteiger partial charge in [0, 0.05) is 45.6 Å². The molecule has 0 saturated heterocycles. The van der Waals surface area contributed by atoms with Crippen LogP contribution in [0.2, 0.25) is 0 Å². The van der Waals surface area contributed by atoms with E-state index >= 15 is 0 Å². The van der Waals surface area contributed by atoms with Gasteiger partial charge in [-0.05, 0) is 82.4 Å². The van der Waals surface area contributed by atoms with Gasteiger partial charge in [0.05, 0.1) is 25.9 Å². The van der Waals surface area contributed by atoms with E-state index in [0.717, 1.165) is 12.0 Å². The van der Waals surface area contributed by atoms with Gasteiger partial charge in [-0.2, -0.15) is 0 Å². The molecule has 46 heavy (non-hydrogen) atoms. The molecule has 0 saturated carbocycles. The number of nitrogens with one attached hydrogen (secondary N) is 3. The summed E-state index contributed by atoms with van der Waals surface area (Å²) in [5, 5.41) is 20.0. The second-order valence-corrected chi connectivity index (χ2v) is 13.8. The lowest BCUT2D eigenvalue weighted by molar-refractivity contribution is -0.128. The monoisotopic (exact) mass is 651 g/mol. The summed E-state index contributed by atoms with van der Waals surface area (Å²) in [7, 11) is 4.82. The highest BCUT2D eigenvalue weighted by Gasteiger charge is 2.33. The summed E-state index contributed by atoms with van der Waals surface area (Å²) < 4.78 is 22.2. The van der Waals surface area contributed by atoms with Crippen LogP contribution in [0.4, 0.5) is 4.79 Å². The van der Waals surface area contributed by atoms with Gasteiger partial charge >= 0.3 is 6.09 Å². The van der Waals surface area contributed by atoms with Crippen molar-refractivity contribution in [3.63, 3.8) is 0 Å². The Morgan fingerprint density at radius 1 is 0.913 bits per heavy atom. The first-order chi connectivity index (χ1) is 21.5. The summed E-state index contributed by atoms with van der Waals surface area (Å²) in [5.74, 6) is 0.521. The highest BCUT2D eigenvalue weighted by Crippen LogP contribution is 2.32. The maximum atomic E-state index is 13.3. The molecule has 0 spiro atoms. The molecule has 0 fully saturated rings. The second-order valence-electron chi connectivity index (χ2n) is 13.8. The largest absolute Gasteiger partial charge is 0.493 e. The number of alkyl carbamates (subject to hydrolysis) is 1. The molecule has 0 aliphatic heterocycles. The molecule has 1 aromatic rings. The molecular formula is C35H61N3O8. The van der Waals surface area contributed by atoms with Gasteiger partial charge in [0.1, 0.15) is 5.60 Å². The Kier molecular flexibility index (Phi) is 18.0. The average Bonchev–Trinajstić information content (AvgIpc) is 2.95. The topological polar surface area (TPSA) is 144 Å². The molecule has 11 nitrogen and oxygen atoms in total. The van der Waals surface area contributed by atoms with Crippen molar-refractivity contribution in [1.29, 1.82) is 0 Å². The number of amides is 3. The Hall–Kier alpha value is -3.05. The van der Waals surface area contributed by atoms with Crippen molar-refractivity contribution in [2.75, 3.05) is 34.5 Å². The number of carbonyl (C=O) groups is 3. The van der Waals surface area contributed by atoms with Gasteiger partial charge in [0.2, 0.25) is 11.8 Å². The van der Waals surface area contributed by atoms with Crippen molar-refractivity contribution < 1.29 is 38.4 Å². The van der Waals surface area contributed by atoms with E-state index in [4.69, 9.17) is 18.9 Å². The van der Waals surface area contributed by atoms with Crippen LogP contribution in [0, 0.1) is 23.7 Å². The zero-order valence-electron chi connectivity index (χ0n) is 30.0. The molecular weight excluding hydrogens is 590 g/mol. The van der Waals surface area contributed by atoms with Crippen LogP contribution < -0.4 is 25.4 Å². The minimum Gasteiger partial charge on any atom is -0.493 e. The van der Waals surface area contributed by atoms with Crippen molar-refractivity contribution in [2.24, 2.45) is 23.7 Å². The van der Waals surface area contributed by atoms with E-state index in [9.17, 15) is 19.5 Å². The van der Waals surface area contributed by atoms with Gasteiger partial charge in [-0.3, -0.25) is 9.59 Å². The predicted octanol–water partition coefficient (Wildman–Crippen LogP) is 4.87. The van der Waals surface area contributed by atoms with Gasteiger partial charge in [-0.15, -0.1) is 0 Å². The molecule has 11 heteroatoms. The number of aliphatic hydroxyl groups excluding tert-OH is 1. The number of methoxy groups -OCH3 is 2. The molecule has 0 heterocycles.